The fraction of sp³-hybridized carbons (Fsp3) is 0.571. The third kappa shape index (κ3) is 3.11. The lowest BCUT2D eigenvalue weighted by molar-refractivity contribution is 0.0314. The van der Waals surface area contributed by atoms with E-state index in [0.29, 0.717) is 19.6 Å². The van der Waals surface area contributed by atoms with Gasteiger partial charge in [-0.1, -0.05) is 6.92 Å². The van der Waals surface area contributed by atoms with Crippen molar-refractivity contribution >= 4 is 10.0 Å². The molecule has 1 aromatic rings. The highest BCUT2D eigenvalue weighted by Crippen LogP contribution is 2.27. The van der Waals surface area contributed by atoms with Crippen LogP contribution in [0.25, 0.3) is 0 Å². The molecule has 1 unspecified atom stereocenters. The molecule has 0 spiro atoms. The molecule has 1 heterocycles. The number of rotatable bonds is 4. The van der Waals surface area contributed by atoms with E-state index in [1.165, 1.54) is 17.3 Å². The molecule has 1 fully saturated rings. The number of benzene rings is 1. The predicted molar refractivity (Wildman–Crippen MR) is 75.8 cm³/mol. The van der Waals surface area contributed by atoms with E-state index in [0.717, 1.165) is 6.07 Å². The van der Waals surface area contributed by atoms with E-state index < -0.39 is 22.4 Å². The number of ether oxygens (including phenoxy) is 1. The quantitative estimate of drug-likeness (QED) is 0.912. The molecule has 21 heavy (non-hydrogen) atoms. The third-order valence-corrected chi connectivity index (χ3v) is 5.85. The zero-order valence-electron chi connectivity index (χ0n) is 12.2. The molecule has 0 radical (unpaired) electrons. The van der Waals surface area contributed by atoms with Crippen molar-refractivity contribution in [3.63, 3.8) is 0 Å². The second-order valence-corrected chi connectivity index (χ2v) is 6.97. The fourth-order valence-electron chi connectivity index (χ4n) is 2.47. The monoisotopic (exact) mass is 317 g/mol. The summed E-state index contributed by atoms with van der Waals surface area (Å²) < 4.78 is 46.2. The lowest BCUT2D eigenvalue weighted by Gasteiger charge is -2.34. The molecule has 5 nitrogen and oxygen atoms in total. The summed E-state index contributed by atoms with van der Waals surface area (Å²) in [6.45, 7) is 3.85. The molecule has 0 saturated carbocycles. The van der Waals surface area contributed by atoms with Crippen LogP contribution in [0.2, 0.25) is 0 Å². The maximum atomic E-state index is 13.9. The van der Waals surface area contributed by atoms with Gasteiger partial charge in [-0.2, -0.15) is 4.31 Å². The molecule has 0 amide bonds. The molecular formula is C14H20FNO4S. The average Bonchev–Trinajstić information content (AvgIpc) is 2.49. The first-order valence-electron chi connectivity index (χ1n) is 6.91. The zero-order valence-corrected chi connectivity index (χ0v) is 13.0. The van der Waals surface area contributed by atoms with Crippen molar-refractivity contribution in [2.45, 2.75) is 37.8 Å². The topological polar surface area (TPSA) is 66.8 Å². The average molecular weight is 317 g/mol. The number of nitrogens with zero attached hydrogens (tertiary/aromatic N) is 1. The summed E-state index contributed by atoms with van der Waals surface area (Å²) in [5.41, 5.74) is 0.325. The summed E-state index contributed by atoms with van der Waals surface area (Å²) in [5.74, 6) is -0.624. The van der Waals surface area contributed by atoms with Gasteiger partial charge in [-0.05, 0) is 31.0 Å². The lowest BCUT2D eigenvalue weighted by atomic mass is 10.1. The SMILES string of the molecule is CCC1COCCN1S(=O)(=O)c1cc(CO)cc(F)c1C. The van der Waals surface area contributed by atoms with Crippen molar-refractivity contribution in [2.75, 3.05) is 19.8 Å². The molecule has 0 bridgehead atoms. The second-order valence-electron chi connectivity index (χ2n) is 5.11. The lowest BCUT2D eigenvalue weighted by Crippen LogP contribution is -2.48. The Bertz CT molecular complexity index is 618. The smallest absolute Gasteiger partial charge is 0.243 e. The molecule has 118 valence electrons. The van der Waals surface area contributed by atoms with Crippen LogP contribution < -0.4 is 0 Å². The number of aliphatic hydroxyl groups excluding tert-OH is 1. The first kappa shape index (κ1) is 16.4. The molecule has 0 aromatic heterocycles. The zero-order chi connectivity index (χ0) is 15.6. The van der Waals surface area contributed by atoms with Gasteiger partial charge < -0.3 is 9.84 Å². The minimum atomic E-state index is -3.81. The Labute approximate surface area is 124 Å². The van der Waals surface area contributed by atoms with Gasteiger partial charge in [-0.25, -0.2) is 12.8 Å². The molecule has 7 heteroatoms. The van der Waals surface area contributed by atoms with E-state index in [2.05, 4.69) is 0 Å². The normalized spacial score (nSPS) is 20.7. The van der Waals surface area contributed by atoms with Gasteiger partial charge in [0, 0.05) is 18.2 Å². The Hall–Kier alpha value is -1.02. The predicted octanol–water partition coefficient (Wildman–Crippen LogP) is 1.43. The first-order chi connectivity index (χ1) is 9.91. The van der Waals surface area contributed by atoms with Gasteiger partial charge in [-0.3, -0.25) is 0 Å². The highest BCUT2D eigenvalue weighted by molar-refractivity contribution is 7.89. The van der Waals surface area contributed by atoms with Gasteiger partial charge in [0.2, 0.25) is 10.0 Å². The molecule has 1 atom stereocenters. The molecule has 1 N–H and O–H groups in total. The maximum absolute atomic E-state index is 13.9. The van der Waals surface area contributed by atoms with Crippen molar-refractivity contribution in [1.29, 1.82) is 0 Å². The van der Waals surface area contributed by atoms with Gasteiger partial charge in [0.1, 0.15) is 5.82 Å². The number of hydrogen-bond donors (Lipinski definition) is 1. The summed E-state index contributed by atoms with van der Waals surface area (Å²) in [7, 11) is -3.81. The van der Waals surface area contributed by atoms with Crippen LogP contribution in [0, 0.1) is 12.7 Å². The second kappa shape index (κ2) is 6.39. The van der Waals surface area contributed by atoms with Crippen LogP contribution in [0.15, 0.2) is 17.0 Å². The Morgan fingerprint density at radius 1 is 1.48 bits per heavy atom. The Balaban J connectivity index is 2.50. The molecule has 1 saturated heterocycles. The van der Waals surface area contributed by atoms with E-state index in [1.54, 1.807) is 0 Å². The number of halogens is 1. The standard InChI is InChI=1S/C14H20FNO4S/c1-3-12-9-20-5-4-16(12)21(18,19)14-7-11(8-17)6-13(15)10(14)2/h6-7,12,17H,3-5,8-9H2,1-2H3. The molecule has 1 aliphatic rings. The summed E-state index contributed by atoms with van der Waals surface area (Å²) >= 11 is 0. The van der Waals surface area contributed by atoms with Crippen molar-refractivity contribution < 1.29 is 22.7 Å². The van der Waals surface area contributed by atoms with Crippen molar-refractivity contribution in [2.24, 2.45) is 0 Å². The summed E-state index contributed by atoms with van der Waals surface area (Å²) in [4.78, 5) is -0.0769. The summed E-state index contributed by atoms with van der Waals surface area (Å²) in [6.07, 6.45) is 0.625. The van der Waals surface area contributed by atoms with E-state index in [-0.39, 0.29) is 28.6 Å². The summed E-state index contributed by atoms with van der Waals surface area (Å²) in [6, 6.07) is 2.25. The van der Waals surface area contributed by atoms with Crippen LogP contribution in [-0.2, 0) is 21.4 Å². The fourth-order valence-corrected chi connectivity index (χ4v) is 4.42. The minimum absolute atomic E-state index is 0.0769. The Morgan fingerprint density at radius 2 is 2.19 bits per heavy atom. The molecule has 1 aromatic carbocycles. The van der Waals surface area contributed by atoms with Crippen LogP contribution in [0.3, 0.4) is 0 Å². The highest BCUT2D eigenvalue weighted by atomic mass is 32.2. The molecular weight excluding hydrogens is 297 g/mol. The maximum Gasteiger partial charge on any atom is 0.243 e. The molecule has 1 aliphatic heterocycles. The van der Waals surface area contributed by atoms with Crippen molar-refractivity contribution in [1.82, 2.24) is 4.31 Å². The number of hydrogen-bond acceptors (Lipinski definition) is 4. The first-order valence-corrected chi connectivity index (χ1v) is 8.35. The third-order valence-electron chi connectivity index (χ3n) is 3.77. The van der Waals surface area contributed by atoms with Crippen LogP contribution in [0.1, 0.15) is 24.5 Å². The highest BCUT2D eigenvalue weighted by Gasteiger charge is 2.34. The van der Waals surface area contributed by atoms with Crippen LogP contribution in [-0.4, -0.2) is 43.6 Å². The largest absolute Gasteiger partial charge is 0.392 e. The number of morpholine rings is 1. The van der Waals surface area contributed by atoms with Crippen LogP contribution in [0.5, 0.6) is 0 Å². The van der Waals surface area contributed by atoms with E-state index in [1.807, 2.05) is 6.92 Å². The number of aliphatic hydroxyl groups is 1. The minimum Gasteiger partial charge on any atom is -0.392 e. The van der Waals surface area contributed by atoms with Crippen molar-refractivity contribution in [3.05, 3.63) is 29.1 Å². The van der Waals surface area contributed by atoms with Crippen LogP contribution >= 0.6 is 0 Å². The molecule has 2 rings (SSSR count). The van der Waals surface area contributed by atoms with Crippen LogP contribution in [0.4, 0.5) is 4.39 Å². The van der Waals surface area contributed by atoms with Gasteiger partial charge in [0.25, 0.3) is 0 Å². The van der Waals surface area contributed by atoms with Gasteiger partial charge in [-0.15, -0.1) is 0 Å². The summed E-state index contributed by atoms with van der Waals surface area (Å²) in [5, 5.41) is 9.16. The van der Waals surface area contributed by atoms with E-state index in [4.69, 9.17) is 9.84 Å². The van der Waals surface area contributed by atoms with Gasteiger partial charge in [0.15, 0.2) is 0 Å². The van der Waals surface area contributed by atoms with Gasteiger partial charge >= 0.3 is 0 Å². The Morgan fingerprint density at radius 3 is 2.81 bits per heavy atom. The van der Waals surface area contributed by atoms with E-state index >= 15 is 0 Å². The van der Waals surface area contributed by atoms with Gasteiger partial charge in [0.05, 0.1) is 24.7 Å². The Kier molecular flexibility index (Phi) is 4.98. The molecule has 0 aliphatic carbocycles. The van der Waals surface area contributed by atoms with E-state index in [9.17, 15) is 12.8 Å². The number of sulfonamides is 1. The van der Waals surface area contributed by atoms with Crippen molar-refractivity contribution in [3.8, 4) is 0 Å².